The van der Waals surface area contributed by atoms with Gasteiger partial charge in [0.2, 0.25) is 0 Å². The lowest BCUT2D eigenvalue weighted by atomic mass is 10.1. The second-order valence-corrected chi connectivity index (χ2v) is 3.52. The molecule has 0 aliphatic heterocycles. The van der Waals surface area contributed by atoms with E-state index in [1.54, 1.807) is 13.8 Å². The van der Waals surface area contributed by atoms with Crippen molar-refractivity contribution in [2.75, 3.05) is 13.7 Å². The van der Waals surface area contributed by atoms with Gasteiger partial charge in [0, 0.05) is 7.11 Å². The van der Waals surface area contributed by atoms with Gasteiger partial charge in [-0.1, -0.05) is 11.8 Å². The molecule has 2 N–H and O–H groups in total. The standard InChI is InChI=1S/C9H16O3/c1-8(2,10)5-6-9(3,11)7-12-4/h10-11H,7H2,1-4H3. The lowest BCUT2D eigenvalue weighted by molar-refractivity contribution is 0.0266. The summed E-state index contributed by atoms with van der Waals surface area (Å²) in [4.78, 5) is 0. The Morgan fingerprint density at radius 1 is 1.17 bits per heavy atom. The van der Waals surface area contributed by atoms with Crippen molar-refractivity contribution >= 4 is 0 Å². The molecule has 3 nitrogen and oxygen atoms in total. The highest BCUT2D eigenvalue weighted by atomic mass is 16.5. The van der Waals surface area contributed by atoms with Gasteiger partial charge in [-0.2, -0.15) is 0 Å². The third-order valence-corrected chi connectivity index (χ3v) is 1.06. The molecule has 0 aromatic carbocycles. The lowest BCUT2D eigenvalue weighted by Crippen LogP contribution is -2.29. The maximum Gasteiger partial charge on any atom is 0.145 e. The van der Waals surface area contributed by atoms with Crippen molar-refractivity contribution in [3.63, 3.8) is 0 Å². The van der Waals surface area contributed by atoms with Gasteiger partial charge in [-0.25, -0.2) is 0 Å². The van der Waals surface area contributed by atoms with E-state index in [0.29, 0.717) is 0 Å². The zero-order chi connectivity index (χ0) is 9.83. The van der Waals surface area contributed by atoms with Crippen LogP contribution in [-0.4, -0.2) is 35.1 Å². The van der Waals surface area contributed by atoms with Gasteiger partial charge in [0.15, 0.2) is 0 Å². The molecule has 12 heavy (non-hydrogen) atoms. The third kappa shape index (κ3) is 6.17. The summed E-state index contributed by atoms with van der Waals surface area (Å²) in [5.41, 5.74) is -2.26. The Morgan fingerprint density at radius 3 is 2.00 bits per heavy atom. The Hall–Kier alpha value is -0.560. The van der Waals surface area contributed by atoms with Gasteiger partial charge in [0.05, 0.1) is 6.61 Å². The first-order chi connectivity index (χ1) is 5.27. The molecule has 1 unspecified atom stereocenters. The molecule has 0 spiro atoms. The second kappa shape index (κ2) is 3.90. The van der Waals surface area contributed by atoms with Crippen molar-refractivity contribution in [3.8, 4) is 11.8 Å². The van der Waals surface area contributed by atoms with E-state index in [0.717, 1.165) is 0 Å². The predicted molar refractivity (Wildman–Crippen MR) is 46.6 cm³/mol. The van der Waals surface area contributed by atoms with Crippen LogP contribution in [0.15, 0.2) is 0 Å². The smallest absolute Gasteiger partial charge is 0.145 e. The number of hydrogen-bond acceptors (Lipinski definition) is 3. The fourth-order valence-electron chi connectivity index (χ4n) is 0.605. The van der Waals surface area contributed by atoms with E-state index in [-0.39, 0.29) is 6.61 Å². The first-order valence-electron chi connectivity index (χ1n) is 3.75. The molecule has 0 heterocycles. The minimum Gasteiger partial charge on any atom is -0.381 e. The van der Waals surface area contributed by atoms with Crippen LogP contribution in [0.4, 0.5) is 0 Å². The maximum atomic E-state index is 9.47. The molecule has 3 heteroatoms. The van der Waals surface area contributed by atoms with E-state index in [9.17, 15) is 10.2 Å². The van der Waals surface area contributed by atoms with E-state index >= 15 is 0 Å². The highest BCUT2D eigenvalue weighted by Crippen LogP contribution is 2.03. The van der Waals surface area contributed by atoms with Crippen LogP contribution in [0.1, 0.15) is 20.8 Å². The topological polar surface area (TPSA) is 49.7 Å². The highest BCUT2D eigenvalue weighted by molar-refractivity contribution is 5.18. The summed E-state index contributed by atoms with van der Waals surface area (Å²) < 4.78 is 4.74. The molecule has 0 fully saturated rings. The molecule has 0 saturated heterocycles. The number of rotatable bonds is 2. The van der Waals surface area contributed by atoms with Crippen LogP contribution in [0.25, 0.3) is 0 Å². The van der Waals surface area contributed by atoms with Crippen molar-refractivity contribution in [2.24, 2.45) is 0 Å². The van der Waals surface area contributed by atoms with Crippen LogP contribution >= 0.6 is 0 Å². The molecule has 0 rings (SSSR count). The summed E-state index contributed by atoms with van der Waals surface area (Å²) in [6.45, 7) is 4.79. The molecule has 0 aliphatic rings. The minimum atomic E-state index is -1.19. The fourth-order valence-corrected chi connectivity index (χ4v) is 0.605. The third-order valence-electron chi connectivity index (χ3n) is 1.06. The van der Waals surface area contributed by atoms with Gasteiger partial charge in [-0.15, -0.1) is 0 Å². The van der Waals surface area contributed by atoms with Crippen molar-refractivity contribution in [1.82, 2.24) is 0 Å². The monoisotopic (exact) mass is 172 g/mol. The maximum absolute atomic E-state index is 9.47. The number of hydrogen-bond donors (Lipinski definition) is 2. The Kier molecular flexibility index (Phi) is 3.72. The van der Waals surface area contributed by atoms with Crippen LogP contribution in [0.5, 0.6) is 0 Å². The summed E-state index contributed by atoms with van der Waals surface area (Å²) >= 11 is 0. The number of aliphatic hydroxyl groups is 2. The van der Waals surface area contributed by atoms with E-state index in [2.05, 4.69) is 11.8 Å². The Bertz CT molecular complexity index is 190. The van der Waals surface area contributed by atoms with Gasteiger partial charge in [-0.3, -0.25) is 0 Å². The van der Waals surface area contributed by atoms with Crippen molar-refractivity contribution in [1.29, 1.82) is 0 Å². The zero-order valence-corrected chi connectivity index (χ0v) is 8.01. The molecular weight excluding hydrogens is 156 g/mol. The van der Waals surface area contributed by atoms with Crippen LogP contribution in [0.3, 0.4) is 0 Å². The Balaban J connectivity index is 4.28. The summed E-state index contributed by atoms with van der Waals surface area (Å²) in [6, 6.07) is 0. The van der Waals surface area contributed by atoms with Crippen molar-refractivity contribution in [3.05, 3.63) is 0 Å². The predicted octanol–water partition coefficient (Wildman–Crippen LogP) is 0.158. The molecule has 1 atom stereocenters. The number of methoxy groups -OCH3 is 1. The van der Waals surface area contributed by atoms with Gasteiger partial charge in [-0.05, 0) is 20.8 Å². The normalized spacial score (nSPS) is 16.2. The van der Waals surface area contributed by atoms with Crippen LogP contribution in [0.2, 0.25) is 0 Å². The minimum absolute atomic E-state index is 0.135. The lowest BCUT2D eigenvalue weighted by Gasteiger charge is -2.15. The molecule has 0 amide bonds. The molecular formula is C9H16O3. The van der Waals surface area contributed by atoms with Crippen molar-refractivity contribution < 1.29 is 14.9 Å². The molecule has 0 bridgehead atoms. The van der Waals surface area contributed by atoms with Crippen LogP contribution in [-0.2, 0) is 4.74 Å². The van der Waals surface area contributed by atoms with Crippen LogP contribution < -0.4 is 0 Å². The summed E-state index contributed by atoms with van der Waals surface area (Å²) in [6.07, 6.45) is 0. The molecule has 0 aliphatic carbocycles. The summed E-state index contributed by atoms with van der Waals surface area (Å²) in [5.74, 6) is 5.05. The van der Waals surface area contributed by atoms with E-state index in [1.165, 1.54) is 14.0 Å². The molecule has 0 saturated carbocycles. The number of ether oxygens (including phenoxy) is 1. The van der Waals surface area contributed by atoms with Gasteiger partial charge < -0.3 is 14.9 Å². The van der Waals surface area contributed by atoms with Crippen molar-refractivity contribution in [2.45, 2.75) is 32.0 Å². The first kappa shape index (κ1) is 11.4. The quantitative estimate of drug-likeness (QED) is 0.583. The van der Waals surface area contributed by atoms with E-state index in [4.69, 9.17) is 4.74 Å². The fraction of sp³-hybridized carbons (Fsp3) is 0.778. The highest BCUT2D eigenvalue weighted by Gasteiger charge is 2.17. The first-order valence-corrected chi connectivity index (χ1v) is 3.75. The second-order valence-electron chi connectivity index (χ2n) is 3.52. The van der Waals surface area contributed by atoms with Crippen LogP contribution in [0, 0.1) is 11.8 Å². The molecule has 70 valence electrons. The molecule has 0 aromatic heterocycles. The van der Waals surface area contributed by atoms with Gasteiger partial charge in [0.25, 0.3) is 0 Å². The average Bonchev–Trinajstić information content (AvgIpc) is 1.83. The largest absolute Gasteiger partial charge is 0.381 e. The van der Waals surface area contributed by atoms with E-state index in [1.807, 2.05) is 0 Å². The molecule has 0 aromatic rings. The SMILES string of the molecule is COCC(C)(O)C#CC(C)(C)O. The summed E-state index contributed by atoms with van der Waals surface area (Å²) in [7, 11) is 1.49. The zero-order valence-electron chi connectivity index (χ0n) is 8.01. The van der Waals surface area contributed by atoms with Gasteiger partial charge in [0.1, 0.15) is 11.2 Å². The Morgan fingerprint density at radius 2 is 1.67 bits per heavy atom. The summed E-state index contributed by atoms with van der Waals surface area (Å²) in [5, 5.41) is 18.7. The van der Waals surface area contributed by atoms with Gasteiger partial charge >= 0.3 is 0 Å². The Labute approximate surface area is 73.4 Å². The average molecular weight is 172 g/mol. The van der Waals surface area contributed by atoms with E-state index < -0.39 is 11.2 Å². The molecule has 0 radical (unpaired) electrons.